The molecule has 0 atom stereocenters. The molecule has 0 bridgehead atoms. The number of para-hydroxylation sites is 8. The maximum Gasteiger partial charge on any atom is 0.143 e. The van der Waals surface area contributed by atoms with E-state index in [2.05, 4.69) is 483 Å². The molecule has 0 amide bonds. The third-order valence-electron chi connectivity index (χ3n) is 32.3. The second-order valence-electron chi connectivity index (χ2n) is 40.8. The van der Waals surface area contributed by atoms with Gasteiger partial charge in [-0.05, 0) is 235 Å². The highest BCUT2D eigenvalue weighted by Crippen LogP contribution is 2.57. The summed E-state index contributed by atoms with van der Waals surface area (Å²) in [5.41, 5.74) is 45.3. The van der Waals surface area contributed by atoms with Crippen LogP contribution in [0.2, 0.25) is 0 Å². The molecule has 32 rings (SSSR count). The molecule has 0 spiro atoms. The van der Waals surface area contributed by atoms with Crippen molar-refractivity contribution in [2.75, 3.05) is 0 Å². The fourth-order valence-corrected chi connectivity index (χ4v) is 25.3. The van der Waals surface area contributed by atoms with E-state index in [-0.39, 0.29) is 10.8 Å². The largest absolute Gasteiger partial charge is 0.456 e. The van der Waals surface area contributed by atoms with E-state index in [1.165, 1.54) is 154 Å². The van der Waals surface area contributed by atoms with E-state index in [0.29, 0.717) is 0 Å². The standard InChI is InChI=1S/2C69H44N2O2/c1-69(2)58-20-9-6-17-53(58)66-59(69)32-31-52-51-19-12-18-48(67(51)73-68(52)66)42-25-23-41(24-26-42)43-27-33-62-55(37-43)56-39-45(29-35-63(56)70(62)46-13-4-3-5-14-46)44-28-34-61-54(38-44)49-15-7-10-21-60(49)71(61)47-30-36-65-57(40-47)50-16-8-11-22-64(50)72-65;1-69(2)58-20-9-6-17-55(58)66-59(69)34-33-54-53-19-12-18-48(67(53)73-68(54)66)42-25-23-41(24-26-42)43-29-35-61-56(37-43)51-32-28-45(39-63(51)70(61)46-13-4-3-5-14-46)44-27-31-50-49-15-7-10-21-60(49)71(62(50)38-44)47-30-36-65-57(40-47)52-16-8-11-22-64(52)72-65/h2*3-40H,1-2H3. The van der Waals surface area contributed by atoms with Gasteiger partial charge in [-0.15, -0.1) is 0 Å². The first kappa shape index (κ1) is 82.0. The Bertz CT molecular complexity index is 10800. The third kappa shape index (κ3) is 12.0. The predicted molar refractivity (Wildman–Crippen MR) is 607 cm³/mol. The van der Waals surface area contributed by atoms with Crippen LogP contribution in [0.25, 0.3) is 287 Å². The first-order chi connectivity index (χ1) is 71.9. The molecule has 0 radical (unpaired) electrons. The van der Waals surface area contributed by atoms with Crippen LogP contribution in [0.4, 0.5) is 0 Å². The van der Waals surface area contributed by atoms with Crippen LogP contribution in [0.3, 0.4) is 0 Å². The van der Waals surface area contributed by atoms with Crippen molar-refractivity contribution in [2.24, 2.45) is 0 Å². The Morgan fingerprint density at radius 2 is 0.438 bits per heavy atom. The lowest BCUT2D eigenvalue weighted by molar-refractivity contribution is 0.653. The Morgan fingerprint density at radius 3 is 0.890 bits per heavy atom. The van der Waals surface area contributed by atoms with Crippen molar-refractivity contribution in [3.05, 3.63) is 483 Å². The molecule has 0 unspecified atom stereocenters. The predicted octanol–water partition coefficient (Wildman–Crippen LogP) is 38.0. The van der Waals surface area contributed by atoms with Gasteiger partial charge in [0.25, 0.3) is 0 Å². The molecule has 22 aromatic carbocycles. The van der Waals surface area contributed by atoms with Gasteiger partial charge in [0.05, 0.1) is 44.1 Å². The van der Waals surface area contributed by atoms with Gasteiger partial charge in [-0.2, -0.15) is 0 Å². The number of rotatable bonds is 10. The number of fused-ring (bicyclic) bond motifs is 32. The Kier molecular flexibility index (Phi) is 17.3. The van der Waals surface area contributed by atoms with Gasteiger partial charge in [0.2, 0.25) is 0 Å². The number of aromatic nitrogens is 4. The molecular formula is C138H88N4O4. The SMILES string of the molecule is CC1(C)c2ccccc2-c2c1ccc1c2oc2c(-c3ccc(-c4ccc5c(c4)c4cc(-c6ccc7c(c6)c6ccccc6n7-c6ccc7oc8ccccc8c7c6)ccc4n5-c4ccccc4)cc3)cccc21.CC1(C)c2ccccc2-c2c1ccc1c2oc2c(-c3ccc(-c4ccc5c(c4)c4ccc(-c6ccc7c8ccccc8n(-c8ccc9oc%10ccccc%10c9c8)c7c6)cc4n5-c4ccccc4)cc3)cccc21. The second kappa shape index (κ2) is 30.9. The van der Waals surface area contributed by atoms with Crippen LogP contribution in [0.1, 0.15) is 49.9 Å². The van der Waals surface area contributed by atoms with E-state index in [9.17, 15) is 0 Å². The highest BCUT2D eigenvalue weighted by molar-refractivity contribution is 6.21. The Labute approximate surface area is 838 Å². The Hall–Kier alpha value is -18.8. The minimum atomic E-state index is -0.0895. The Morgan fingerprint density at radius 1 is 0.151 bits per heavy atom. The third-order valence-corrected chi connectivity index (χ3v) is 32.3. The van der Waals surface area contributed by atoms with Crippen molar-refractivity contribution in [3.63, 3.8) is 0 Å². The fourth-order valence-electron chi connectivity index (χ4n) is 25.3. The minimum absolute atomic E-state index is 0.0878. The summed E-state index contributed by atoms with van der Waals surface area (Å²) in [4.78, 5) is 0. The van der Waals surface area contributed by atoms with Crippen LogP contribution in [0, 0.1) is 0 Å². The maximum absolute atomic E-state index is 6.99. The van der Waals surface area contributed by atoms with Crippen molar-refractivity contribution >= 4 is 175 Å². The van der Waals surface area contributed by atoms with Gasteiger partial charge in [-0.1, -0.05) is 343 Å². The van der Waals surface area contributed by atoms with Gasteiger partial charge >= 0.3 is 0 Å². The van der Waals surface area contributed by atoms with Gasteiger partial charge in [0.15, 0.2) is 0 Å². The molecule has 684 valence electrons. The van der Waals surface area contributed by atoms with Crippen molar-refractivity contribution < 1.29 is 17.7 Å². The molecule has 146 heavy (non-hydrogen) atoms. The number of furan rings is 4. The molecule has 30 aromatic rings. The van der Waals surface area contributed by atoms with Crippen LogP contribution in [0.15, 0.2) is 479 Å². The molecule has 2 aliphatic rings. The molecule has 8 heterocycles. The van der Waals surface area contributed by atoms with E-state index in [1.807, 2.05) is 24.3 Å². The number of hydrogen-bond acceptors (Lipinski definition) is 4. The van der Waals surface area contributed by atoms with Crippen LogP contribution in [0.5, 0.6) is 0 Å². The molecule has 0 saturated heterocycles. The van der Waals surface area contributed by atoms with E-state index in [0.717, 1.165) is 155 Å². The van der Waals surface area contributed by atoms with Crippen LogP contribution >= 0.6 is 0 Å². The lowest BCUT2D eigenvalue weighted by Gasteiger charge is -2.21. The van der Waals surface area contributed by atoms with Crippen molar-refractivity contribution in [1.29, 1.82) is 0 Å². The smallest absolute Gasteiger partial charge is 0.143 e. The topological polar surface area (TPSA) is 72.3 Å². The quantitative estimate of drug-likeness (QED) is 0.137. The summed E-state index contributed by atoms with van der Waals surface area (Å²) >= 11 is 0. The summed E-state index contributed by atoms with van der Waals surface area (Å²) < 4.78 is 36.1. The van der Waals surface area contributed by atoms with Gasteiger partial charge < -0.3 is 35.9 Å². The highest BCUT2D eigenvalue weighted by atomic mass is 16.3. The summed E-state index contributed by atoms with van der Waals surface area (Å²) in [6.45, 7) is 9.29. The second-order valence-corrected chi connectivity index (χ2v) is 40.8. The highest BCUT2D eigenvalue weighted by Gasteiger charge is 2.40. The average Bonchev–Trinajstić information content (AvgIpc) is 1.55. The van der Waals surface area contributed by atoms with Crippen molar-refractivity contribution in [1.82, 2.24) is 18.3 Å². The summed E-state index contributed by atoms with van der Waals surface area (Å²) in [6, 6.07) is 168. The lowest BCUT2D eigenvalue weighted by atomic mass is 9.82. The maximum atomic E-state index is 6.99. The number of hydrogen-bond donors (Lipinski definition) is 0. The normalized spacial score (nSPS) is 13.2. The number of benzene rings is 22. The number of nitrogens with zero attached hydrogens (tertiary/aromatic N) is 4. The molecule has 8 nitrogen and oxygen atoms in total. The molecule has 0 aliphatic heterocycles. The van der Waals surface area contributed by atoms with Crippen molar-refractivity contribution in [2.45, 2.75) is 38.5 Å². The zero-order chi connectivity index (χ0) is 96.2. The Balaban J connectivity index is 0.000000133. The summed E-state index contributed by atoms with van der Waals surface area (Å²) in [5, 5.41) is 18.9. The zero-order valence-electron chi connectivity index (χ0n) is 80.3. The molecule has 2 aliphatic carbocycles. The van der Waals surface area contributed by atoms with Crippen LogP contribution in [-0.2, 0) is 10.8 Å². The molecule has 8 aromatic heterocycles. The lowest BCUT2D eigenvalue weighted by Crippen LogP contribution is -2.14. The fraction of sp³-hybridized carbons (Fsp3) is 0.0435. The van der Waals surface area contributed by atoms with Gasteiger partial charge in [0, 0.05) is 142 Å². The molecule has 0 saturated carbocycles. The average molecular weight is 1870 g/mol. The van der Waals surface area contributed by atoms with Gasteiger partial charge in [-0.3, -0.25) is 0 Å². The van der Waals surface area contributed by atoms with E-state index in [1.54, 1.807) is 0 Å². The first-order valence-corrected chi connectivity index (χ1v) is 50.5. The molecular weight excluding hydrogens is 1780 g/mol. The molecule has 0 N–H and O–H groups in total. The summed E-state index contributed by atoms with van der Waals surface area (Å²) in [7, 11) is 0. The molecule has 8 heteroatoms. The first-order valence-electron chi connectivity index (χ1n) is 50.5. The summed E-state index contributed by atoms with van der Waals surface area (Å²) in [6.07, 6.45) is 0. The minimum Gasteiger partial charge on any atom is -0.456 e. The van der Waals surface area contributed by atoms with E-state index >= 15 is 0 Å². The zero-order valence-corrected chi connectivity index (χ0v) is 80.3. The van der Waals surface area contributed by atoms with E-state index < -0.39 is 0 Å². The summed E-state index contributed by atoms with van der Waals surface area (Å²) in [5.74, 6) is 0. The van der Waals surface area contributed by atoms with Gasteiger partial charge in [-0.25, -0.2) is 0 Å². The van der Waals surface area contributed by atoms with Crippen molar-refractivity contribution in [3.8, 4) is 112 Å². The molecule has 0 fully saturated rings. The monoisotopic (exact) mass is 1860 g/mol. The van der Waals surface area contributed by atoms with Crippen LogP contribution < -0.4 is 0 Å². The van der Waals surface area contributed by atoms with E-state index in [4.69, 9.17) is 17.7 Å². The van der Waals surface area contributed by atoms with Gasteiger partial charge in [0.1, 0.15) is 44.7 Å². The van der Waals surface area contributed by atoms with Crippen LogP contribution in [-0.4, -0.2) is 18.3 Å².